The summed E-state index contributed by atoms with van der Waals surface area (Å²) in [6.45, 7) is 6.02. The SMILES string of the molecule is CCCCCC(CC)(CC)OOC(=O)C(C(=O)O)C(OC)(OC)c1ccccc1. The number of benzene rings is 1. The first-order valence-electron chi connectivity index (χ1n) is 10.1. The Morgan fingerprint density at radius 2 is 1.59 bits per heavy atom. The highest BCUT2D eigenvalue weighted by Gasteiger charge is 2.52. The fraction of sp³-hybridized carbons (Fsp3) is 0.636. The molecular weight excluding hydrogens is 376 g/mol. The van der Waals surface area contributed by atoms with Crippen LogP contribution >= 0.6 is 0 Å². The number of carbonyl (C=O) groups excluding carboxylic acids is 1. The summed E-state index contributed by atoms with van der Waals surface area (Å²) in [5.41, 5.74) is -0.266. The molecular formula is C22H34O7. The summed E-state index contributed by atoms with van der Waals surface area (Å²) in [7, 11) is 2.57. The first-order valence-corrected chi connectivity index (χ1v) is 10.1. The second-order valence-electron chi connectivity index (χ2n) is 7.05. The van der Waals surface area contributed by atoms with Crippen LogP contribution in [-0.4, -0.2) is 36.9 Å². The molecule has 7 heteroatoms. The largest absolute Gasteiger partial charge is 0.480 e. The minimum absolute atomic E-state index is 0.384. The van der Waals surface area contributed by atoms with Gasteiger partial charge in [-0.2, -0.15) is 4.89 Å². The molecule has 0 saturated carbocycles. The molecule has 1 aromatic carbocycles. The van der Waals surface area contributed by atoms with Crippen LogP contribution in [-0.2, 0) is 34.6 Å². The van der Waals surface area contributed by atoms with E-state index in [-0.39, 0.29) is 0 Å². The molecule has 1 atom stereocenters. The average molecular weight is 411 g/mol. The first-order chi connectivity index (χ1) is 13.9. The summed E-state index contributed by atoms with van der Waals surface area (Å²) < 4.78 is 10.8. The topological polar surface area (TPSA) is 91.3 Å². The van der Waals surface area contributed by atoms with Crippen molar-refractivity contribution in [3.63, 3.8) is 0 Å². The molecule has 1 N–H and O–H groups in total. The Balaban J connectivity index is 3.11. The molecule has 0 aliphatic carbocycles. The Kier molecular flexibility index (Phi) is 10.3. The summed E-state index contributed by atoms with van der Waals surface area (Å²) in [6.07, 6.45) is 5.03. The van der Waals surface area contributed by atoms with Crippen molar-refractivity contribution >= 4 is 11.9 Å². The third-order valence-electron chi connectivity index (χ3n) is 5.47. The minimum Gasteiger partial charge on any atom is -0.480 e. The molecule has 1 aromatic rings. The van der Waals surface area contributed by atoms with E-state index in [1.54, 1.807) is 30.3 Å². The lowest BCUT2D eigenvalue weighted by Gasteiger charge is -2.35. The van der Waals surface area contributed by atoms with Gasteiger partial charge in [0.05, 0.1) is 0 Å². The van der Waals surface area contributed by atoms with Crippen molar-refractivity contribution in [2.75, 3.05) is 14.2 Å². The van der Waals surface area contributed by atoms with Gasteiger partial charge < -0.3 is 14.6 Å². The highest BCUT2D eigenvalue weighted by Crippen LogP contribution is 2.36. The van der Waals surface area contributed by atoms with E-state index in [9.17, 15) is 14.7 Å². The summed E-state index contributed by atoms with van der Waals surface area (Å²) in [5.74, 6) is -6.14. The summed E-state index contributed by atoms with van der Waals surface area (Å²) >= 11 is 0. The third-order valence-corrected chi connectivity index (χ3v) is 5.47. The molecule has 0 radical (unpaired) electrons. The van der Waals surface area contributed by atoms with Gasteiger partial charge in [0.25, 0.3) is 0 Å². The van der Waals surface area contributed by atoms with E-state index in [1.165, 1.54) is 14.2 Å². The number of aliphatic carboxylic acids is 1. The average Bonchev–Trinajstić information content (AvgIpc) is 2.75. The molecule has 1 unspecified atom stereocenters. The van der Waals surface area contributed by atoms with Crippen molar-refractivity contribution in [3.8, 4) is 0 Å². The van der Waals surface area contributed by atoms with Gasteiger partial charge in [-0.15, -0.1) is 0 Å². The van der Waals surface area contributed by atoms with Crippen LogP contribution in [0.3, 0.4) is 0 Å². The number of rotatable bonds is 14. The smallest absolute Gasteiger partial charge is 0.362 e. The van der Waals surface area contributed by atoms with Crippen molar-refractivity contribution in [2.45, 2.75) is 70.7 Å². The molecule has 0 bridgehead atoms. The summed E-state index contributed by atoms with van der Waals surface area (Å²) in [4.78, 5) is 35.5. The van der Waals surface area contributed by atoms with Gasteiger partial charge in [-0.1, -0.05) is 70.4 Å². The molecule has 0 aliphatic heterocycles. The molecule has 0 heterocycles. The quantitative estimate of drug-likeness (QED) is 0.159. The second kappa shape index (κ2) is 11.9. The zero-order chi connectivity index (χ0) is 21.9. The lowest BCUT2D eigenvalue weighted by molar-refractivity contribution is -0.347. The molecule has 0 aromatic heterocycles. The van der Waals surface area contributed by atoms with Crippen LogP contribution in [0.15, 0.2) is 30.3 Å². The Morgan fingerprint density at radius 1 is 1.00 bits per heavy atom. The van der Waals surface area contributed by atoms with Gasteiger partial charge in [-0.05, 0) is 19.3 Å². The number of carboxylic acid groups (broad SMARTS) is 1. The Labute approximate surface area is 173 Å². The van der Waals surface area contributed by atoms with Crippen LogP contribution in [0.1, 0.15) is 64.9 Å². The van der Waals surface area contributed by atoms with E-state index in [1.807, 2.05) is 13.8 Å². The molecule has 7 nitrogen and oxygen atoms in total. The molecule has 164 valence electrons. The Morgan fingerprint density at radius 3 is 2.03 bits per heavy atom. The summed E-state index contributed by atoms with van der Waals surface area (Å²) in [5, 5.41) is 9.80. The molecule has 0 aliphatic rings. The van der Waals surface area contributed by atoms with Crippen LogP contribution < -0.4 is 0 Å². The highest BCUT2D eigenvalue weighted by atomic mass is 17.2. The normalized spacial score (nSPS) is 13.1. The fourth-order valence-corrected chi connectivity index (χ4v) is 3.45. The Hall–Kier alpha value is -1.96. The molecule has 0 amide bonds. The second-order valence-corrected chi connectivity index (χ2v) is 7.05. The van der Waals surface area contributed by atoms with Gasteiger partial charge in [0.1, 0.15) is 5.60 Å². The van der Waals surface area contributed by atoms with Crippen molar-refractivity contribution in [1.29, 1.82) is 0 Å². The maximum Gasteiger partial charge on any atom is 0.362 e. The molecule has 0 spiro atoms. The van der Waals surface area contributed by atoms with Gasteiger partial charge in [0, 0.05) is 19.8 Å². The number of ether oxygens (including phenoxy) is 2. The van der Waals surface area contributed by atoms with Crippen LogP contribution in [0.4, 0.5) is 0 Å². The lowest BCUT2D eigenvalue weighted by Crippen LogP contribution is -2.49. The number of hydrogen-bond donors (Lipinski definition) is 1. The van der Waals surface area contributed by atoms with E-state index in [4.69, 9.17) is 19.2 Å². The number of unbranched alkanes of at least 4 members (excludes halogenated alkanes) is 2. The number of carbonyl (C=O) groups is 2. The van der Waals surface area contributed by atoms with Crippen LogP contribution in [0.2, 0.25) is 0 Å². The van der Waals surface area contributed by atoms with Crippen LogP contribution in [0, 0.1) is 5.92 Å². The van der Waals surface area contributed by atoms with Crippen LogP contribution in [0.25, 0.3) is 0 Å². The van der Waals surface area contributed by atoms with Gasteiger partial charge in [0.2, 0.25) is 11.7 Å². The van der Waals surface area contributed by atoms with Crippen molar-refractivity contribution in [2.24, 2.45) is 5.92 Å². The number of hydrogen-bond acceptors (Lipinski definition) is 6. The zero-order valence-electron chi connectivity index (χ0n) is 18.1. The highest BCUT2D eigenvalue weighted by molar-refractivity contribution is 5.95. The zero-order valence-corrected chi connectivity index (χ0v) is 18.1. The molecule has 1 rings (SSSR count). The van der Waals surface area contributed by atoms with Gasteiger partial charge in [-0.3, -0.25) is 9.68 Å². The van der Waals surface area contributed by atoms with Gasteiger partial charge >= 0.3 is 11.9 Å². The van der Waals surface area contributed by atoms with E-state index in [0.29, 0.717) is 18.4 Å². The number of methoxy groups -OCH3 is 2. The fourth-order valence-electron chi connectivity index (χ4n) is 3.45. The van der Waals surface area contributed by atoms with E-state index in [0.717, 1.165) is 25.7 Å². The van der Waals surface area contributed by atoms with Crippen LogP contribution in [0.5, 0.6) is 0 Å². The maximum absolute atomic E-state index is 12.8. The first kappa shape index (κ1) is 25.1. The van der Waals surface area contributed by atoms with Crippen molar-refractivity contribution in [1.82, 2.24) is 0 Å². The molecule has 0 saturated heterocycles. The van der Waals surface area contributed by atoms with Crippen molar-refractivity contribution in [3.05, 3.63) is 35.9 Å². The maximum atomic E-state index is 12.8. The number of carboxylic acids is 1. The van der Waals surface area contributed by atoms with Crippen molar-refractivity contribution < 1.29 is 33.9 Å². The summed E-state index contributed by atoms with van der Waals surface area (Å²) in [6, 6.07) is 8.43. The predicted molar refractivity (Wildman–Crippen MR) is 108 cm³/mol. The van der Waals surface area contributed by atoms with Gasteiger partial charge in [-0.25, -0.2) is 4.79 Å². The van der Waals surface area contributed by atoms with E-state index in [2.05, 4.69) is 6.92 Å². The van der Waals surface area contributed by atoms with E-state index < -0.39 is 29.2 Å². The monoisotopic (exact) mass is 410 g/mol. The Bertz CT molecular complexity index is 621. The van der Waals surface area contributed by atoms with Gasteiger partial charge in [0.15, 0.2) is 0 Å². The molecule has 0 fully saturated rings. The minimum atomic E-state index is -1.85. The van der Waals surface area contributed by atoms with E-state index >= 15 is 0 Å². The standard InChI is InChI=1S/C22H34O7/c1-6-9-13-16-21(7-2,8-3)29-28-20(25)18(19(23)24)22(26-4,27-5)17-14-11-10-12-15-17/h10-12,14-15,18H,6-9,13,16H2,1-5H3,(H,23,24). The predicted octanol–water partition coefficient (Wildman–Crippen LogP) is 4.45. The third kappa shape index (κ3) is 6.01. The lowest BCUT2D eigenvalue weighted by atomic mass is 9.90. The molecule has 29 heavy (non-hydrogen) atoms.